The summed E-state index contributed by atoms with van der Waals surface area (Å²) < 4.78 is 1.95. The van der Waals surface area contributed by atoms with Crippen molar-refractivity contribution in [2.24, 2.45) is 11.7 Å². The third kappa shape index (κ3) is 3.90. The van der Waals surface area contributed by atoms with Crippen LogP contribution in [0.4, 0.5) is 5.82 Å². The van der Waals surface area contributed by atoms with E-state index in [1.807, 2.05) is 10.7 Å². The first-order chi connectivity index (χ1) is 11.1. The van der Waals surface area contributed by atoms with Crippen molar-refractivity contribution >= 4 is 17.6 Å². The van der Waals surface area contributed by atoms with E-state index in [1.54, 1.807) is 6.20 Å². The minimum atomic E-state index is -0.239. The van der Waals surface area contributed by atoms with Crippen molar-refractivity contribution in [3.05, 3.63) is 12.3 Å². The molecule has 7 heteroatoms. The lowest BCUT2D eigenvalue weighted by molar-refractivity contribution is -0.121. The van der Waals surface area contributed by atoms with Crippen LogP contribution in [0.2, 0.25) is 0 Å². The maximum Gasteiger partial charge on any atom is 0.226 e. The number of hydrogen-bond donors (Lipinski definition) is 2. The smallest absolute Gasteiger partial charge is 0.226 e. The Morgan fingerprint density at radius 3 is 2.78 bits per heavy atom. The van der Waals surface area contributed by atoms with E-state index in [9.17, 15) is 9.59 Å². The number of aromatic nitrogens is 2. The van der Waals surface area contributed by atoms with Crippen LogP contribution in [0.3, 0.4) is 0 Å². The Kier molecular flexibility index (Phi) is 4.95. The average molecular weight is 319 g/mol. The van der Waals surface area contributed by atoms with Gasteiger partial charge in [-0.2, -0.15) is 5.10 Å². The second-order valence-electron chi connectivity index (χ2n) is 6.59. The Morgan fingerprint density at radius 2 is 2.09 bits per heavy atom. The molecule has 23 heavy (non-hydrogen) atoms. The van der Waals surface area contributed by atoms with E-state index in [-0.39, 0.29) is 17.7 Å². The minimum Gasteiger partial charge on any atom is -0.369 e. The van der Waals surface area contributed by atoms with Gasteiger partial charge in [0, 0.05) is 25.6 Å². The molecule has 1 aliphatic heterocycles. The van der Waals surface area contributed by atoms with Gasteiger partial charge >= 0.3 is 0 Å². The summed E-state index contributed by atoms with van der Waals surface area (Å²) >= 11 is 0. The first-order valence-electron chi connectivity index (χ1n) is 8.48. The molecule has 0 aromatic carbocycles. The minimum absolute atomic E-state index is 0.00716. The van der Waals surface area contributed by atoms with Gasteiger partial charge in [0.2, 0.25) is 11.8 Å². The van der Waals surface area contributed by atoms with Crippen LogP contribution in [0.15, 0.2) is 12.3 Å². The molecule has 3 rings (SSSR count). The Hall–Kier alpha value is -1.89. The maximum atomic E-state index is 12.2. The highest BCUT2D eigenvalue weighted by atomic mass is 16.2. The lowest BCUT2D eigenvalue weighted by Crippen LogP contribution is -2.29. The zero-order valence-electron chi connectivity index (χ0n) is 13.4. The zero-order chi connectivity index (χ0) is 16.2. The van der Waals surface area contributed by atoms with Gasteiger partial charge in [-0.05, 0) is 25.8 Å². The Balaban J connectivity index is 1.47. The van der Waals surface area contributed by atoms with Gasteiger partial charge in [-0.1, -0.05) is 12.8 Å². The molecule has 0 bridgehead atoms. The van der Waals surface area contributed by atoms with Crippen molar-refractivity contribution in [3.63, 3.8) is 0 Å². The molecule has 2 aliphatic rings. The fourth-order valence-corrected chi connectivity index (χ4v) is 3.59. The molecule has 1 saturated heterocycles. The molecule has 7 nitrogen and oxygen atoms in total. The van der Waals surface area contributed by atoms with Gasteiger partial charge in [-0.25, -0.2) is 4.68 Å². The van der Waals surface area contributed by atoms with Crippen LogP contribution < -0.4 is 11.1 Å². The number of nitrogens with zero attached hydrogens (tertiary/aromatic N) is 3. The van der Waals surface area contributed by atoms with E-state index in [0.717, 1.165) is 31.6 Å². The van der Waals surface area contributed by atoms with E-state index >= 15 is 0 Å². The normalized spacial score (nSPS) is 22.5. The second-order valence-corrected chi connectivity index (χ2v) is 6.59. The van der Waals surface area contributed by atoms with Gasteiger partial charge in [-0.3, -0.25) is 9.59 Å². The molecule has 126 valence electrons. The predicted octanol–water partition coefficient (Wildman–Crippen LogP) is 1.13. The number of rotatable bonds is 6. The first kappa shape index (κ1) is 16.0. The number of primary amides is 1. The molecular weight excluding hydrogens is 294 g/mol. The molecule has 1 aromatic heterocycles. The molecule has 1 saturated carbocycles. The summed E-state index contributed by atoms with van der Waals surface area (Å²) in [6.45, 7) is 2.16. The summed E-state index contributed by atoms with van der Waals surface area (Å²) in [7, 11) is 0. The zero-order valence-corrected chi connectivity index (χ0v) is 13.4. The summed E-state index contributed by atoms with van der Waals surface area (Å²) in [4.78, 5) is 25.5. The predicted molar refractivity (Wildman–Crippen MR) is 86.7 cm³/mol. The van der Waals surface area contributed by atoms with Crippen LogP contribution in [-0.2, 0) is 9.59 Å². The number of likely N-dealkylation sites (tertiary alicyclic amines) is 1. The lowest BCUT2D eigenvalue weighted by Gasteiger charge is -2.17. The van der Waals surface area contributed by atoms with Crippen LogP contribution in [0, 0.1) is 5.92 Å². The van der Waals surface area contributed by atoms with Crippen molar-refractivity contribution in [1.29, 1.82) is 0 Å². The van der Waals surface area contributed by atoms with Crippen LogP contribution in [0.25, 0.3) is 0 Å². The van der Waals surface area contributed by atoms with E-state index < -0.39 is 0 Å². The molecule has 1 aromatic rings. The number of carbonyl (C=O) groups is 2. The number of amides is 2. The molecule has 0 spiro atoms. The summed E-state index contributed by atoms with van der Waals surface area (Å²) in [5.74, 6) is 0.477. The third-order valence-corrected chi connectivity index (χ3v) is 4.94. The molecule has 1 atom stereocenters. The van der Waals surface area contributed by atoms with Crippen molar-refractivity contribution in [2.45, 2.75) is 44.6 Å². The van der Waals surface area contributed by atoms with Gasteiger partial charge in [0.05, 0.1) is 18.2 Å². The number of anilines is 1. The molecular formula is C16H25N5O2. The largest absolute Gasteiger partial charge is 0.369 e. The average Bonchev–Trinajstić information content (AvgIpc) is 3.26. The van der Waals surface area contributed by atoms with E-state index in [0.29, 0.717) is 25.6 Å². The summed E-state index contributed by atoms with van der Waals surface area (Å²) in [6, 6.07) is 2.27. The molecule has 2 amide bonds. The summed E-state index contributed by atoms with van der Waals surface area (Å²) in [5, 5.41) is 7.33. The number of nitrogens with one attached hydrogen (secondary N) is 1. The monoisotopic (exact) mass is 319 g/mol. The molecule has 0 radical (unpaired) electrons. The topological polar surface area (TPSA) is 93.2 Å². The van der Waals surface area contributed by atoms with Crippen LogP contribution in [0.1, 0.15) is 44.6 Å². The third-order valence-electron chi connectivity index (χ3n) is 4.94. The van der Waals surface area contributed by atoms with Gasteiger partial charge in [0.15, 0.2) is 0 Å². The maximum absolute atomic E-state index is 12.2. The highest BCUT2D eigenvalue weighted by Crippen LogP contribution is 2.31. The first-order valence-corrected chi connectivity index (χ1v) is 8.48. The Morgan fingerprint density at radius 1 is 1.30 bits per heavy atom. The summed E-state index contributed by atoms with van der Waals surface area (Å²) in [6.07, 6.45) is 7.68. The number of nitrogens with two attached hydrogens (primary N) is 1. The molecule has 0 unspecified atom stereocenters. The van der Waals surface area contributed by atoms with Crippen molar-refractivity contribution in [2.75, 3.05) is 25.0 Å². The van der Waals surface area contributed by atoms with Crippen molar-refractivity contribution < 1.29 is 9.59 Å². The number of carbonyl (C=O) groups excluding carboxylic acids is 2. The van der Waals surface area contributed by atoms with Gasteiger partial charge in [0.25, 0.3) is 0 Å². The van der Waals surface area contributed by atoms with Crippen LogP contribution in [-0.4, -0.2) is 46.1 Å². The number of hydrogen-bond acceptors (Lipinski definition) is 4. The SMILES string of the molecule is NC(=O)[C@@H]1CCN(CCC(=O)Nc2ccnn2C2CCCC2)C1. The van der Waals surface area contributed by atoms with Gasteiger partial charge in [0.1, 0.15) is 5.82 Å². The van der Waals surface area contributed by atoms with Crippen LogP contribution >= 0.6 is 0 Å². The Labute approximate surface area is 136 Å². The lowest BCUT2D eigenvalue weighted by atomic mass is 10.1. The van der Waals surface area contributed by atoms with Crippen LogP contribution in [0.5, 0.6) is 0 Å². The quantitative estimate of drug-likeness (QED) is 0.822. The second kappa shape index (κ2) is 7.12. The molecule has 1 aliphatic carbocycles. The van der Waals surface area contributed by atoms with E-state index in [1.165, 1.54) is 12.8 Å². The molecule has 2 fully saturated rings. The standard InChI is InChI=1S/C16H25N5O2/c17-16(23)12-6-9-20(11-12)10-7-15(22)19-14-5-8-18-21(14)13-3-1-2-4-13/h5,8,12-13H,1-4,6-7,9-11H2,(H2,17,23)(H,19,22)/t12-/m1/s1. The molecule has 2 heterocycles. The van der Waals surface area contributed by atoms with E-state index in [2.05, 4.69) is 15.3 Å². The van der Waals surface area contributed by atoms with Gasteiger partial charge in [-0.15, -0.1) is 0 Å². The van der Waals surface area contributed by atoms with Crippen molar-refractivity contribution in [3.8, 4) is 0 Å². The molecule has 3 N–H and O–H groups in total. The van der Waals surface area contributed by atoms with Crippen molar-refractivity contribution in [1.82, 2.24) is 14.7 Å². The van der Waals surface area contributed by atoms with E-state index in [4.69, 9.17) is 5.73 Å². The Bertz CT molecular complexity index is 565. The highest BCUT2D eigenvalue weighted by molar-refractivity contribution is 5.90. The fraction of sp³-hybridized carbons (Fsp3) is 0.688. The highest BCUT2D eigenvalue weighted by Gasteiger charge is 2.26. The van der Waals surface area contributed by atoms with Gasteiger partial charge < -0.3 is 16.0 Å². The fourth-order valence-electron chi connectivity index (χ4n) is 3.59. The summed E-state index contributed by atoms with van der Waals surface area (Å²) in [5.41, 5.74) is 5.33.